The fourth-order valence-corrected chi connectivity index (χ4v) is 2.66. The van der Waals surface area contributed by atoms with Gasteiger partial charge in [-0.2, -0.15) is 5.10 Å². The average molecular weight is 391 g/mol. The molecule has 2 rings (SSSR count). The van der Waals surface area contributed by atoms with Gasteiger partial charge in [-0.1, -0.05) is 17.7 Å². The van der Waals surface area contributed by atoms with Crippen LogP contribution in [0.25, 0.3) is 0 Å². The Kier molecular flexibility index (Phi) is 7.95. The maximum absolute atomic E-state index is 11.9. The zero-order valence-electron chi connectivity index (χ0n) is 15.6. The van der Waals surface area contributed by atoms with Gasteiger partial charge in [-0.25, -0.2) is 5.43 Å². The Labute approximate surface area is 164 Å². The van der Waals surface area contributed by atoms with Gasteiger partial charge in [-0.3, -0.25) is 4.79 Å². The van der Waals surface area contributed by atoms with Crippen LogP contribution in [0.5, 0.6) is 17.2 Å². The molecule has 0 saturated carbocycles. The van der Waals surface area contributed by atoms with Crippen molar-refractivity contribution in [2.45, 2.75) is 19.8 Å². The Balaban J connectivity index is 1.77. The number of nitrogens with zero attached hydrogens (tertiary/aromatic N) is 1. The van der Waals surface area contributed by atoms with Gasteiger partial charge in [-0.15, -0.1) is 0 Å². The van der Waals surface area contributed by atoms with Gasteiger partial charge in [0.05, 0.1) is 27.0 Å². The highest BCUT2D eigenvalue weighted by molar-refractivity contribution is 6.30. The molecule has 0 aliphatic carbocycles. The van der Waals surface area contributed by atoms with Crippen LogP contribution in [-0.2, 0) is 4.79 Å². The lowest BCUT2D eigenvalue weighted by Gasteiger charge is -2.09. The number of halogens is 1. The zero-order chi connectivity index (χ0) is 19.6. The van der Waals surface area contributed by atoms with E-state index in [-0.39, 0.29) is 5.91 Å². The van der Waals surface area contributed by atoms with Crippen molar-refractivity contribution in [3.05, 3.63) is 52.5 Å². The number of rotatable bonds is 9. The molecule has 0 aliphatic rings. The molecular formula is C20H23ClN2O4. The van der Waals surface area contributed by atoms with Gasteiger partial charge in [0, 0.05) is 17.0 Å². The third-order valence-electron chi connectivity index (χ3n) is 3.77. The molecule has 1 amide bonds. The number of benzene rings is 2. The van der Waals surface area contributed by atoms with Crippen molar-refractivity contribution < 1.29 is 19.0 Å². The highest BCUT2D eigenvalue weighted by Crippen LogP contribution is 2.29. The van der Waals surface area contributed by atoms with Crippen LogP contribution in [0.4, 0.5) is 0 Å². The predicted molar refractivity (Wildman–Crippen MR) is 106 cm³/mol. The van der Waals surface area contributed by atoms with Gasteiger partial charge in [0.25, 0.3) is 0 Å². The molecule has 144 valence electrons. The number of para-hydroxylation sites is 1. The molecule has 0 aliphatic heterocycles. The number of ether oxygens (including phenoxy) is 3. The van der Waals surface area contributed by atoms with Crippen LogP contribution >= 0.6 is 11.6 Å². The Morgan fingerprint density at radius 1 is 1.19 bits per heavy atom. The highest BCUT2D eigenvalue weighted by Gasteiger charge is 2.07. The first-order valence-corrected chi connectivity index (χ1v) is 8.84. The zero-order valence-corrected chi connectivity index (χ0v) is 16.4. The third kappa shape index (κ3) is 6.18. The van der Waals surface area contributed by atoms with Gasteiger partial charge >= 0.3 is 0 Å². The second-order valence-corrected chi connectivity index (χ2v) is 6.17. The van der Waals surface area contributed by atoms with E-state index < -0.39 is 0 Å². The van der Waals surface area contributed by atoms with Crippen LogP contribution in [0.3, 0.4) is 0 Å². The minimum Gasteiger partial charge on any atom is -0.493 e. The second-order valence-electron chi connectivity index (χ2n) is 5.74. The number of aryl methyl sites for hydroxylation is 1. The highest BCUT2D eigenvalue weighted by atomic mass is 35.5. The molecule has 7 heteroatoms. The summed E-state index contributed by atoms with van der Waals surface area (Å²) < 4.78 is 16.2. The van der Waals surface area contributed by atoms with Crippen LogP contribution < -0.4 is 19.6 Å². The molecular weight excluding hydrogens is 368 g/mol. The largest absolute Gasteiger partial charge is 0.493 e. The number of carbonyl (C=O) groups is 1. The van der Waals surface area contributed by atoms with Crippen molar-refractivity contribution >= 4 is 23.7 Å². The van der Waals surface area contributed by atoms with Crippen molar-refractivity contribution in [3.8, 4) is 17.2 Å². The third-order valence-corrected chi connectivity index (χ3v) is 4.00. The molecule has 0 aromatic heterocycles. The van der Waals surface area contributed by atoms with Gasteiger partial charge in [0.1, 0.15) is 5.75 Å². The summed E-state index contributed by atoms with van der Waals surface area (Å²) in [5, 5.41) is 4.64. The Morgan fingerprint density at radius 2 is 2.00 bits per heavy atom. The van der Waals surface area contributed by atoms with Crippen LogP contribution in [0.15, 0.2) is 41.5 Å². The summed E-state index contributed by atoms with van der Waals surface area (Å²) in [5.74, 6) is 1.74. The maximum Gasteiger partial charge on any atom is 0.240 e. The lowest BCUT2D eigenvalue weighted by Crippen LogP contribution is -2.18. The van der Waals surface area contributed by atoms with E-state index in [1.807, 2.05) is 31.2 Å². The monoisotopic (exact) mass is 390 g/mol. The molecule has 2 aromatic carbocycles. The fraction of sp³-hybridized carbons (Fsp3) is 0.300. The molecule has 0 fully saturated rings. The van der Waals surface area contributed by atoms with E-state index in [1.165, 1.54) is 6.21 Å². The number of hydrogen-bond donors (Lipinski definition) is 1. The van der Waals surface area contributed by atoms with E-state index >= 15 is 0 Å². The number of amides is 1. The standard InChI is InChI=1S/C20H23ClN2O4/c1-14-12-16(21)9-10-17(14)27-11-5-8-19(24)23-22-13-15-6-4-7-18(25-2)20(15)26-3/h4,6-7,9-10,12-13H,5,8,11H2,1-3H3,(H,23,24). The quantitative estimate of drug-likeness (QED) is 0.399. The molecule has 27 heavy (non-hydrogen) atoms. The molecule has 0 bridgehead atoms. The summed E-state index contributed by atoms with van der Waals surface area (Å²) in [7, 11) is 3.12. The molecule has 0 unspecified atom stereocenters. The first kappa shape index (κ1) is 20.6. The Hall–Kier alpha value is -2.73. The minimum atomic E-state index is -0.190. The topological polar surface area (TPSA) is 69.2 Å². The lowest BCUT2D eigenvalue weighted by molar-refractivity contribution is -0.121. The molecule has 6 nitrogen and oxygen atoms in total. The van der Waals surface area contributed by atoms with E-state index in [1.54, 1.807) is 26.4 Å². The molecule has 0 radical (unpaired) electrons. The fourth-order valence-electron chi connectivity index (χ4n) is 2.43. The SMILES string of the molecule is COc1cccc(C=NNC(=O)CCCOc2ccc(Cl)cc2C)c1OC. The lowest BCUT2D eigenvalue weighted by atomic mass is 10.2. The molecule has 2 aromatic rings. The van der Waals surface area contributed by atoms with E-state index in [0.717, 1.165) is 11.3 Å². The molecule has 0 spiro atoms. The first-order chi connectivity index (χ1) is 13.0. The smallest absolute Gasteiger partial charge is 0.240 e. The summed E-state index contributed by atoms with van der Waals surface area (Å²) in [6, 6.07) is 10.9. The van der Waals surface area contributed by atoms with Gasteiger partial charge < -0.3 is 14.2 Å². The Morgan fingerprint density at radius 3 is 2.70 bits per heavy atom. The van der Waals surface area contributed by atoms with Gasteiger partial charge in [-0.05, 0) is 49.2 Å². The van der Waals surface area contributed by atoms with E-state index in [9.17, 15) is 4.79 Å². The summed E-state index contributed by atoms with van der Waals surface area (Å²) >= 11 is 5.91. The first-order valence-electron chi connectivity index (χ1n) is 8.47. The molecule has 0 heterocycles. The van der Waals surface area contributed by atoms with Crippen molar-refractivity contribution in [3.63, 3.8) is 0 Å². The van der Waals surface area contributed by atoms with Crippen LogP contribution in [0.2, 0.25) is 5.02 Å². The summed E-state index contributed by atoms with van der Waals surface area (Å²) in [5.41, 5.74) is 4.17. The predicted octanol–water partition coefficient (Wildman–Crippen LogP) is 3.97. The van der Waals surface area contributed by atoms with Crippen molar-refractivity contribution in [1.82, 2.24) is 5.43 Å². The second kappa shape index (κ2) is 10.4. The van der Waals surface area contributed by atoms with Crippen LogP contribution in [0.1, 0.15) is 24.0 Å². The number of hydrazone groups is 1. The number of carbonyl (C=O) groups excluding carboxylic acids is 1. The maximum atomic E-state index is 11.9. The Bertz CT molecular complexity index is 809. The minimum absolute atomic E-state index is 0.190. The molecule has 0 saturated heterocycles. The number of hydrogen-bond acceptors (Lipinski definition) is 5. The number of nitrogens with one attached hydrogen (secondary N) is 1. The van der Waals surface area contributed by atoms with Gasteiger partial charge in [0.2, 0.25) is 5.91 Å². The van der Waals surface area contributed by atoms with Gasteiger partial charge in [0.15, 0.2) is 11.5 Å². The van der Waals surface area contributed by atoms with Crippen LogP contribution in [-0.4, -0.2) is 32.9 Å². The van der Waals surface area contributed by atoms with Crippen molar-refractivity contribution in [1.29, 1.82) is 0 Å². The average Bonchev–Trinajstić information content (AvgIpc) is 2.66. The molecule has 1 N–H and O–H groups in total. The summed E-state index contributed by atoms with van der Waals surface area (Å²) in [6.07, 6.45) is 2.40. The van der Waals surface area contributed by atoms with E-state index in [0.29, 0.717) is 41.5 Å². The van der Waals surface area contributed by atoms with Crippen molar-refractivity contribution in [2.75, 3.05) is 20.8 Å². The summed E-state index contributed by atoms with van der Waals surface area (Å²) in [4.78, 5) is 11.9. The number of methoxy groups -OCH3 is 2. The van der Waals surface area contributed by atoms with Crippen LogP contribution in [0, 0.1) is 6.92 Å². The van der Waals surface area contributed by atoms with E-state index in [2.05, 4.69) is 10.5 Å². The van der Waals surface area contributed by atoms with E-state index in [4.69, 9.17) is 25.8 Å². The normalized spacial score (nSPS) is 10.7. The van der Waals surface area contributed by atoms with Crippen molar-refractivity contribution in [2.24, 2.45) is 5.10 Å². The summed E-state index contributed by atoms with van der Waals surface area (Å²) in [6.45, 7) is 2.36. The molecule has 0 atom stereocenters.